The van der Waals surface area contributed by atoms with Crippen LogP contribution in [0.4, 0.5) is 5.95 Å². The van der Waals surface area contributed by atoms with Crippen LogP contribution in [0.1, 0.15) is 51.9 Å². The van der Waals surface area contributed by atoms with Crippen molar-refractivity contribution < 1.29 is 0 Å². The average Bonchev–Trinajstić information content (AvgIpc) is 2.98. The Morgan fingerprint density at radius 1 is 1.08 bits per heavy atom. The molecule has 0 amide bonds. The number of aromatic amines is 1. The smallest absolute Gasteiger partial charge is 0.329 e. The first-order chi connectivity index (χ1) is 11.6. The Morgan fingerprint density at radius 3 is 2.54 bits per heavy atom. The van der Waals surface area contributed by atoms with Gasteiger partial charge in [-0.2, -0.15) is 4.98 Å². The highest BCUT2D eigenvalue weighted by Gasteiger charge is 2.22. The predicted molar refractivity (Wildman–Crippen MR) is 95.8 cm³/mol. The fourth-order valence-corrected chi connectivity index (χ4v) is 3.47. The van der Waals surface area contributed by atoms with Crippen molar-refractivity contribution in [3.63, 3.8) is 0 Å². The normalized spacial score (nSPS) is 15.3. The van der Waals surface area contributed by atoms with E-state index in [1.165, 1.54) is 23.8 Å². The molecule has 0 saturated carbocycles. The number of nitrogens with zero attached hydrogens (tertiary/aromatic N) is 4. The molecule has 1 fully saturated rings. The van der Waals surface area contributed by atoms with Crippen molar-refractivity contribution in [3.05, 3.63) is 20.8 Å². The second-order valence-electron chi connectivity index (χ2n) is 6.66. The van der Waals surface area contributed by atoms with Crippen molar-refractivity contribution in [1.82, 2.24) is 19.1 Å². The number of H-pyrrole nitrogens is 1. The van der Waals surface area contributed by atoms with Gasteiger partial charge in [-0.05, 0) is 25.7 Å². The monoisotopic (exact) mass is 333 g/mol. The number of imidazole rings is 1. The highest BCUT2D eigenvalue weighted by Crippen LogP contribution is 2.23. The molecule has 0 bridgehead atoms. The number of hydrogen-bond donors (Lipinski definition) is 1. The minimum Gasteiger partial charge on any atom is -0.342 e. The molecule has 7 nitrogen and oxygen atoms in total. The maximum Gasteiger partial charge on any atom is 0.329 e. The molecular weight excluding hydrogens is 306 g/mol. The van der Waals surface area contributed by atoms with Gasteiger partial charge < -0.3 is 9.47 Å². The number of hydrogen-bond acceptors (Lipinski definition) is 4. The van der Waals surface area contributed by atoms with Crippen LogP contribution in [0, 0.1) is 0 Å². The van der Waals surface area contributed by atoms with Gasteiger partial charge in [0.05, 0.1) is 0 Å². The summed E-state index contributed by atoms with van der Waals surface area (Å²) in [4.78, 5) is 33.7. The van der Waals surface area contributed by atoms with E-state index in [4.69, 9.17) is 0 Å². The first kappa shape index (κ1) is 16.8. The third-order valence-corrected chi connectivity index (χ3v) is 4.86. The van der Waals surface area contributed by atoms with E-state index < -0.39 is 5.69 Å². The minimum absolute atomic E-state index is 0.334. The number of unbranched alkanes of at least 4 members (excludes halogenated alkanes) is 3. The zero-order valence-electron chi connectivity index (χ0n) is 14.7. The van der Waals surface area contributed by atoms with Crippen molar-refractivity contribution >= 4 is 17.1 Å². The van der Waals surface area contributed by atoms with Gasteiger partial charge in [0.15, 0.2) is 11.2 Å². The van der Waals surface area contributed by atoms with E-state index in [1.807, 2.05) is 4.57 Å². The molecule has 0 spiro atoms. The molecule has 7 heteroatoms. The molecule has 3 rings (SSSR count). The summed E-state index contributed by atoms with van der Waals surface area (Å²) < 4.78 is 3.46. The summed E-state index contributed by atoms with van der Waals surface area (Å²) in [5.74, 6) is 0.841. The SMILES string of the molecule is CCCCCCn1c(N2CCCCC2)nc2c1c(=O)[nH]c(=O)n2C. The standard InChI is InChI=1S/C17H27N5O2/c1-3-4-5-9-12-22-13-14(20(2)17(24)19-15(13)23)18-16(22)21-10-7-6-8-11-21/h3-12H2,1-2H3,(H,19,23,24). The third-order valence-electron chi connectivity index (χ3n) is 4.86. The molecule has 0 radical (unpaired) electrons. The van der Waals surface area contributed by atoms with Crippen LogP contribution in [-0.4, -0.2) is 32.2 Å². The Balaban J connectivity index is 2.07. The molecule has 0 atom stereocenters. The second-order valence-corrected chi connectivity index (χ2v) is 6.66. The predicted octanol–water partition coefficient (Wildman–Crippen LogP) is 1.99. The molecule has 1 aliphatic heterocycles. The molecule has 0 aliphatic carbocycles. The van der Waals surface area contributed by atoms with Crippen molar-refractivity contribution in [2.45, 2.75) is 58.4 Å². The van der Waals surface area contributed by atoms with Crippen LogP contribution in [0.2, 0.25) is 0 Å². The summed E-state index contributed by atoms with van der Waals surface area (Å²) in [5, 5.41) is 0. The molecular formula is C17H27N5O2. The first-order valence-electron chi connectivity index (χ1n) is 9.08. The molecule has 132 valence electrons. The molecule has 0 unspecified atom stereocenters. The van der Waals surface area contributed by atoms with Gasteiger partial charge in [0.25, 0.3) is 5.56 Å². The summed E-state index contributed by atoms with van der Waals surface area (Å²) in [6.45, 7) is 4.88. The van der Waals surface area contributed by atoms with Crippen LogP contribution in [0.3, 0.4) is 0 Å². The Labute approximate surface area is 141 Å². The summed E-state index contributed by atoms with van der Waals surface area (Å²) in [7, 11) is 1.66. The lowest BCUT2D eigenvalue weighted by Gasteiger charge is -2.28. The molecule has 1 N–H and O–H groups in total. The van der Waals surface area contributed by atoms with E-state index in [1.54, 1.807) is 7.05 Å². The van der Waals surface area contributed by atoms with Gasteiger partial charge in [-0.15, -0.1) is 0 Å². The van der Waals surface area contributed by atoms with Crippen LogP contribution in [0.5, 0.6) is 0 Å². The summed E-state index contributed by atoms with van der Waals surface area (Å²) >= 11 is 0. The first-order valence-corrected chi connectivity index (χ1v) is 9.08. The lowest BCUT2D eigenvalue weighted by molar-refractivity contribution is 0.541. The summed E-state index contributed by atoms with van der Waals surface area (Å²) in [5.41, 5.74) is 0.265. The second kappa shape index (κ2) is 7.23. The molecule has 0 aromatic carbocycles. The van der Waals surface area contributed by atoms with E-state index in [2.05, 4.69) is 21.8 Å². The summed E-state index contributed by atoms with van der Waals surface area (Å²) in [6, 6.07) is 0. The van der Waals surface area contributed by atoms with Gasteiger partial charge in [-0.25, -0.2) is 4.79 Å². The lowest BCUT2D eigenvalue weighted by atomic mass is 10.1. The lowest BCUT2D eigenvalue weighted by Crippen LogP contribution is -2.32. The molecule has 1 saturated heterocycles. The van der Waals surface area contributed by atoms with Crippen molar-refractivity contribution in [3.8, 4) is 0 Å². The average molecular weight is 333 g/mol. The van der Waals surface area contributed by atoms with E-state index in [-0.39, 0.29) is 5.56 Å². The van der Waals surface area contributed by atoms with Gasteiger partial charge in [-0.1, -0.05) is 26.2 Å². The highest BCUT2D eigenvalue weighted by atomic mass is 16.2. The van der Waals surface area contributed by atoms with Crippen LogP contribution in [0.15, 0.2) is 9.59 Å². The number of aromatic nitrogens is 4. The maximum atomic E-state index is 12.4. The Morgan fingerprint density at radius 2 is 1.83 bits per heavy atom. The van der Waals surface area contributed by atoms with E-state index in [0.29, 0.717) is 11.2 Å². The van der Waals surface area contributed by atoms with Gasteiger partial charge in [-0.3, -0.25) is 14.3 Å². The Kier molecular flexibility index (Phi) is 5.06. The maximum absolute atomic E-state index is 12.4. The largest absolute Gasteiger partial charge is 0.342 e. The summed E-state index contributed by atoms with van der Waals surface area (Å²) in [6.07, 6.45) is 8.07. The zero-order valence-corrected chi connectivity index (χ0v) is 14.7. The quantitative estimate of drug-likeness (QED) is 0.820. The van der Waals surface area contributed by atoms with Gasteiger partial charge in [0, 0.05) is 26.7 Å². The van der Waals surface area contributed by atoms with Crippen LogP contribution < -0.4 is 16.1 Å². The van der Waals surface area contributed by atoms with Crippen molar-refractivity contribution in [2.75, 3.05) is 18.0 Å². The molecule has 2 aromatic heterocycles. The number of piperidine rings is 1. The molecule has 1 aliphatic rings. The molecule has 2 aromatic rings. The van der Waals surface area contributed by atoms with Gasteiger partial charge >= 0.3 is 5.69 Å². The number of fused-ring (bicyclic) bond motifs is 1. The Bertz CT molecular complexity index is 811. The van der Waals surface area contributed by atoms with E-state index in [9.17, 15) is 9.59 Å². The number of nitrogens with one attached hydrogen (secondary N) is 1. The van der Waals surface area contributed by atoms with Gasteiger partial charge in [0.2, 0.25) is 5.95 Å². The van der Waals surface area contributed by atoms with Crippen LogP contribution in [0.25, 0.3) is 11.2 Å². The highest BCUT2D eigenvalue weighted by molar-refractivity contribution is 5.74. The van der Waals surface area contributed by atoms with E-state index in [0.717, 1.165) is 51.3 Å². The van der Waals surface area contributed by atoms with Crippen LogP contribution in [-0.2, 0) is 13.6 Å². The van der Waals surface area contributed by atoms with Crippen molar-refractivity contribution in [2.24, 2.45) is 7.05 Å². The molecule has 24 heavy (non-hydrogen) atoms. The fourth-order valence-electron chi connectivity index (χ4n) is 3.47. The Hall–Kier alpha value is -2.05. The molecule has 3 heterocycles. The minimum atomic E-state index is -0.409. The van der Waals surface area contributed by atoms with Crippen LogP contribution >= 0.6 is 0 Å². The third kappa shape index (κ3) is 3.12. The number of aryl methyl sites for hydroxylation is 2. The number of anilines is 1. The van der Waals surface area contributed by atoms with E-state index >= 15 is 0 Å². The fraction of sp³-hybridized carbons (Fsp3) is 0.706. The zero-order chi connectivity index (χ0) is 17.1. The topological polar surface area (TPSA) is 75.9 Å². The van der Waals surface area contributed by atoms with Crippen molar-refractivity contribution in [1.29, 1.82) is 0 Å². The number of rotatable bonds is 6. The van der Waals surface area contributed by atoms with Gasteiger partial charge in [0.1, 0.15) is 0 Å².